The van der Waals surface area contributed by atoms with Crippen molar-refractivity contribution in [3.8, 4) is 45.3 Å². The molecule has 0 N–H and O–H groups in total. The molecule has 0 unspecified atom stereocenters. The normalized spacial score (nSPS) is 13.2. The second kappa shape index (κ2) is 13.3. The van der Waals surface area contributed by atoms with E-state index in [0.717, 1.165) is 29.8 Å². The van der Waals surface area contributed by atoms with E-state index in [-0.39, 0.29) is 0 Å². The average molecular weight is 757 g/mol. The molecule has 0 atom stereocenters. The Hall–Kier alpha value is -6.68. The third-order valence-corrected chi connectivity index (χ3v) is 10.1. The quantitative estimate of drug-likeness (QED) is 0.163. The van der Waals surface area contributed by atoms with Gasteiger partial charge in [0, 0.05) is 16.7 Å². The molecule has 7 aromatic rings. The highest BCUT2D eigenvalue weighted by molar-refractivity contribution is 6.04. The molecule has 9 rings (SSSR count). The Morgan fingerprint density at radius 2 is 0.732 bits per heavy atom. The van der Waals surface area contributed by atoms with Gasteiger partial charge >= 0.3 is 12.4 Å². The Kier molecular flexibility index (Phi) is 8.30. The topological polar surface area (TPSA) is 24.9 Å². The van der Waals surface area contributed by atoms with Crippen LogP contribution in [0.25, 0.3) is 22.3 Å². The summed E-state index contributed by atoms with van der Waals surface area (Å²) < 4.78 is 96.3. The van der Waals surface area contributed by atoms with Crippen molar-refractivity contribution in [1.29, 1.82) is 0 Å². The Labute approximate surface area is 318 Å². The zero-order valence-electron chi connectivity index (χ0n) is 29.6. The average Bonchev–Trinajstić information content (AvgIpc) is 3.20. The van der Waals surface area contributed by atoms with Crippen LogP contribution in [0.5, 0.6) is 23.0 Å². The molecule has 0 bridgehead atoms. The lowest BCUT2D eigenvalue weighted by molar-refractivity contribution is -0.138. The number of rotatable bonds is 5. The number of benzene rings is 7. The maximum absolute atomic E-state index is 13.9. The Bertz CT molecular complexity index is 2350. The van der Waals surface area contributed by atoms with Gasteiger partial charge in [0.1, 0.15) is 0 Å². The lowest BCUT2D eigenvalue weighted by Crippen LogP contribution is -2.22. The molecule has 0 saturated heterocycles. The van der Waals surface area contributed by atoms with Crippen molar-refractivity contribution in [1.82, 2.24) is 0 Å². The van der Waals surface area contributed by atoms with E-state index >= 15 is 0 Å². The van der Waals surface area contributed by atoms with Crippen molar-refractivity contribution >= 4 is 34.1 Å². The fraction of sp³-hybridized carbons (Fsp3) is 0.0870. The minimum atomic E-state index is -4.57. The van der Waals surface area contributed by atoms with E-state index in [1.54, 1.807) is 0 Å². The molecule has 0 fully saturated rings. The summed E-state index contributed by atoms with van der Waals surface area (Å²) in [6, 6.07) is 41.9. The van der Waals surface area contributed by atoms with E-state index < -0.39 is 23.5 Å². The monoisotopic (exact) mass is 756 g/mol. The predicted molar refractivity (Wildman–Crippen MR) is 206 cm³/mol. The zero-order chi connectivity index (χ0) is 38.8. The molecule has 0 aromatic heterocycles. The highest BCUT2D eigenvalue weighted by Crippen LogP contribution is 2.59. The molecule has 2 aliphatic heterocycles. The van der Waals surface area contributed by atoms with Crippen LogP contribution in [0, 0.1) is 0 Å². The van der Waals surface area contributed by atoms with Crippen LogP contribution in [0.15, 0.2) is 152 Å². The van der Waals surface area contributed by atoms with Crippen LogP contribution in [0.1, 0.15) is 23.6 Å². The summed E-state index contributed by atoms with van der Waals surface area (Å²) in [5.41, 5.74) is 5.39. The van der Waals surface area contributed by atoms with Gasteiger partial charge in [-0.05, 0) is 96.4 Å². The van der Waals surface area contributed by atoms with Gasteiger partial charge < -0.3 is 19.3 Å². The van der Waals surface area contributed by atoms with Crippen LogP contribution in [-0.2, 0) is 18.8 Å². The minimum absolute atomic E-state index is 0.399. The van der Waals surface area contributed by atoms with Crippen molar-refractivity contribution in [3.05, 3.63) is 168 Å². The second-order valence-electron chi connectivity index (χ2n) is 13.4. The van der Waals surface area contributed by atoms with Gasteiger partial charge in [-0.25, -0.2) is 0 Å². The second-order valence-corrected chi connectivity index (χ2v) is 13.4. The first-order valence-corrected chi connectivity index (χ1v) is 17.9. The van der Waals surface area contributed by atoms with Gasteiger partial charge in [0.2, 0.25) is 0 Å². The number of nitrogens with zero attached hydrogens (tertiary/aromatic N) is 2. The number of halogens is 6. The van der Waals surface area contributed by atoms with E-state index in [1.165, 1.54) is 24.3 Å². The number of para-hydroxylation sites is 8. The predicted octanol–water partition coefficient (Wildman–Crippen LogP) is 14.8. The van der Waals surface area contributed by atoms with Gasteiger partial charge in [-0.3, -0.25) is 0 Å². The summed E-state index contributed by atoms with van der Waals surface area (Å²) in [5.74, 6) is 2.29. The first-order chi connectivity index (χ1) is 27.0. The molecule has 0 aliphatic carbocycles. The lowest BCUT2D eigenvalue weighted by atomic mass is 9.87. The third kappa shape index (κ3) is 5.89. The molecular formula is C46H30F6N2O2. The minimum Gasteiger partial charge on any atom is -0.453 e. The van der Waals surface area contributed by atoms with Crippen molar-refractivity contribution in [2.24, 2.45) is 0 Å². The Morgan fingerprint density at radius 1 is 0.429 bits per heavy atom. The van der Waals surface area contributed by atoms with Gasteiger partial charge in [-0.15, -0.1) is 0 Å². The number of alkyl halides is 6. The van der Waals surface area contributed by atoms with E-state index in [0.29, 0.717) is 85.8 Å². The van der Waals surface area contributed by atoms with Crippen molar-refractivity contribution in [3.63, 3.8) is 0 Å². The maximum Gasteiger partial charge on any atom is 0.416 e. The number of hydrogen-bond donors (Lipinski definition) is 0. The smallest absolute Gasteiger partial charge is 0.416 e. The van der Waals surface area contributed by atoms with Crippen LogP contribution in [0.3, 0.4) is 0 Å². The molecule has 0 radical (unpaired) electrons. The summed E-state index contributed by atoms with van der Waals surface area (Å²) in [4.78, 5) is 4.14. The first-order valence-electron chi connectivity index (χ1n) is 17.9. The molecule has 10 heteroatoms. The van der Waals surface area contributed by atoms with Gasteiger partial charge in [-0.1, -0.05) is 79.7 Å². The van der Waals surface area contributed by atoms with Crippen LogP contribution in [-0.4, -0.2) is 0 Å². The Morgan fingerprint density at radius 3 is 1.02 bits per heavy atom. The standard InChI is InChI=1S/C46H30F6N2O2/c1-2-32-43(53-35-11-3-7-15-39(35)55-40-16-8-4-12-36(40)53)33(28-19-23-30(24-20-28)45(47,48)49)27-34(29-21-25-31(26-22-29)46(50,51)52)44(32)54-37-13-5-9-17-41(37)56-42-18-10-6-14-38(42)54/h3-27H,2H2,1H3. The van der Waals surface area contributed by atoms with E-state index in [1.807, 2.05) is 110 Å². The van der Waals surface area contributed by atoms with Crippen molar-refractivity contribution in [2.75, 3.05) is 9.80 Å². The number of fused-ring (bicyclic) bond motifs is 4. The molecule has 278 valence electrons. The summed E-state index contributed by atoms with van der Waals surface area (Å²) in [6.07, 6.45) is -8.73. The highest BCUT2D eigenvalue weighted by atomic mass is 19.4. The van der Waals surface area contributed by atoms with E-state index in [4.69, 9.17) is 9.47 Å². The summed E-state index contributed by atoms with van der Waals surface area (Å²) >= 11 is 0. The largest absolute Gasteiger partial charge is 0.453 e. The first kappa shape index (κ1) is 35.0. The molecule has 56 heavy (non-hydrogen) atoms. The van der Waals surface area contributed by atoms with Gasteiger partial charge in [0.05, 0.1) is 45.3 Å². The van der Waals surface area contributed by atoms with Crippen LogP contribution in [0.4, 0.5) is 60.5 Å². The molecular weight excluding hydrogens is 727 g/mol. The fourth-order valence-corrected chi connectivity index (χ4v) is 7.57. The van der Waals surface area contributed by atoms with E-state index in [2.05, 4.69) is 9.80 Å². The van der Waals surface area contributed by atoms with Gasteiger partial charge in [-0.2, -0.15) is 26.3 Å². The van der Waals surface area contributed by atoms with Crippen molar-refractivity contribution in [2.45, 2.75) is 25.7 Å². The fourth-order valence-electron chi connectivity index (χ4n) is 7.57. The molecule has 4 nitrogen and oxygen atoms in total. The third-order valence-electron chi connectivity index (χ3n) is 10.1. The molecule has 7 aromatic carbocycles. The number of ether oxygens (including phenoxy) is 2. The molecule has 2 heterocycles. The zero-order valence-corrected chi connectivity index (χ0v) is 29.6. The van der Waals surface area contributed by atoms with Crippen LogP contribution in [0.2, 0.25) is 0 Å². The lowest BCUT2D eigenvalue weighted by Gasteiger charge is -2.40. The summed E-state index contributed by atoms with van der Waals surface area (Å²) in [5, 5.41) is 0. The molecule has 0 amide bonds. The number of hydrogen-bond acceptors (Lipinski definition) is 4. The van der Waals surface area contributed by atoms with Gasteiger partial charge in [0.15, 0.2) is 23.0 Å². The van der Waals surface area contributed by atoms with E-state index in [9.17, 15) is 26.3 Å². The maximum atomic E-state index is 13.9. The van der Waals surface area contributed by atoms with Crippen molar-refractivity contribution < 1.29 is 35.8 Å². The summed E-state index contributed by atoms with van der Waals surface area (Å²) in [7, 11) is 0. The summed E-state index contributed by atoms with van der Waals surface area (Å²) in [6.45, 7) is 1.99. The molecule has 0 spiro atoms. The van der Waals surface area contributed by atoms with Crippen LogP contribution >= 0.6 is 0 Å². The SMILES string of the molecule is CCc1c(N2c3ccccc3Oc3ccccc32)c(-c2ccc(C(F)(F)F)cc2)cc(-c2ccc(C(F)(F)F)cc2)c1N1c2ccccc2Oc2ccccc21. The van der Waals surface area contributed by atoms with Gasteiger partial charge in [0.25, 0.3) is 0 Å². The Balaban J connectivity index is 1.44. The molecule has 0 saturated carbocycles. The van der Waals surface area contributed by atoms with Crippen LogP contribution < -0.4 is 19.3 Å². The molecule has 2 aliphatic rings. The number of anilines is 6. The highest BCUT2D eigenvalue weighted by Gasteiger charge is 2.37.